The van der Waals surface area contributed by atoms with Crippen molar-refractivity contribution in [1.29, 1.82) is 0 Å². The van der Waals surface area contributed by atoms with Gasteiger partial charge in [-0.05, 0) is 25.2 Å². The fraction of sp³-hybridized carbons (Fsp3) is 0.917. The number of hydrogen-bond donors (Lipinski definition) is 2. The van der Waals surface area contributed by atoms with E-state index in [4.69, 9.17) is 9.84 Å². The molecule has 96 valence electrons. The van der Waals surface area contributed by atoms with E-state index in [2.05, 4.69) is 5.32 Å². The molecule has 0 bridgehead atoms. The molecule has 0 aliphatic carbocycles. The number of ether oxygens (including phenoxy) is 1. The molecule has 1 amide bonds. The Kier molecular flexibility index (Phi) is 5.97. The van der Waals surface area contributed by atoms with E-state index in [1.165, 1.54) is 0 Å². The topological polar surface area (TPSA) is 58.6 Å². The number of aliphatic hydroxyl groups excluding tert-OH is 1. The fourth-order valence-corrected chi connectivity index (χ4v) is 1.30. The summed E-state index contributed by atoms with van der Waals surface area (Å²) in [5.74, 6) is -0.0940. The van der Waals surface area contributed by atoms with Crippen LogP contribution in [0, 0.1) is 5.41 Å². The zero-order valence-corrected chi connectivity index (χ0v) is 11.1. The molecule has 0 aromatic rings. The average Bonchev–Trinajstić information content (AvgIpc) is 2.24. The molecule has 4 heteroatoms. The first-order chi connectivity index (χ1) is 7.31. The number of carbonyl (C=O) groups excluding carboxylic acids is 1. The molecule has 0 fully saturated rings. The summed E-state index contributed by atoms with van der Waals surface area (Å²) in [6, 6.07) is 0. The number of rotatable bonds is 7. The second-order valence-corrected chi connectivity index (χ2v) is 5.11. The maximum atomic E-state index is 11.9. The van der Waals surface area contributed by atoms with Gasteiger partial charge in [0.25, 0.3) is 5.91 Å². The molecule has 0 saturated carbocycles. The molecule has 0 aliphatic heterocycles. The summed E-state index contributed by atoms with van der Waals surface area (Å²) in [7, 11) is 1.54. The van der Waals surface area contributed by atoms with Gasteiger partial charge in [0.05, 0.1) is 0 Å². The smallest absolute Gasteiger partial charge is 0.251 e. The first-order valence-corrected chi connectivity index (χ1v) is 5.75. The Morgan fingerprint density at radius 3 is 2.31 bits per heavy atom. The normalized spacial score (nSPS) is 15.6. The van der Waals surface area contributed by atoms with Gasteiger partial charge < -0.3 is 15.2 Å². The van der Waals surface area contributed by atoms with Crippen molar-refractivity contribution in [3.05, 3.63) is 0 Å². The van der Waals surface area contributed by atoms with Gasteiger partial charge in [0.1, 0.15) is 5.60 Å². The maximum absolute atomic E-state index is 11.9. The summed E-state index contributed by atoms with van der Waals surface area (Å²) < 4.78 is 5.21. The van der Waals surface area contributed by atoms with Crippen LogP contribution >= 0.6 is 0 Å². The van der Waals surface area contributed by atoms with Crippen LogP contribution in [0.1, 0.15) is 40.5 Å². The summed E-state index contributed by atoms with van der Waals surface area (Å²) >= 11 is 0. The molecular formula is C12H25NO3. The van der Waals surface area contributed by atoms with Gasteiger partial charge in [0.2, 0.25) is 0 Å². The minimum Gasteiger partial charge on any atom is -0.396 e. The summed E-state index contributed by atoms with van der Waals surface area (Å²) in [5.41, 5.74) is -0.845. The van der Waals surface area contributed by atoms with Gasteiger partial charge in [-0.1, -0.05) is 20.8 Å². The molecule has 0 aliphatic rings. The van der Waals surface area contributed by atoms with Gasteiger partial charge in [-0.15, -0.1) is 0 Å². The van der Waals surface area contributed by atoms with E-state index >= 15 is 0 Å². The Bertz CT molecular complexity index is 222. The number of methoxy groups -OCH3 is 1. The zero-order valence-electron chi connectivity index (χ0n) is 11.1. The average molecular weight is 231 g/mol. The highest BCUT2D eigenvalue weighted by Gasteiger charge is 2.31. The van der Waals surface area contributed by atoms with Crippen LogP contribution in [0.25, 0.3) is 0 Å². The summed E-state index contributed by atoms with van der Waals surface area (Å²) in [6.07, 6.45) is 1.30. The largest absolute Gasteiger partial charge is 0.396 e. The number of aliphatic hydroxyl groups is 1. The molecule has 1 unspecified atom stereocenters. The van der Waals surface area contributed by atoms with Crippen molar-refractivity contribution < 1.29 is 14.6 Å². The minimum absolute atomic E-state index is 0.0905. The fourth-order valence-electron chi connectivity index (χ4n) is 1.30. The minimum atomic E-state index is -0.755. The molecule has 16 heavy (non-hydrogen) atoms. The third-order valence-corrected chi connectivity index (χ3v) is 3.12. The molecule has 1 atom stereocenters. The number of carbonyl (C=O) groups is 1. The Labute approximate surface area is 98.4 Å². The predicted molar refractivity (Wildman–Crippen MR) is 64.2 cm³/mol. The third-order valence-electron chi connectivity index (χ3n) is 3.12. The molecule has 0 aromatic carbocycles. The molecule has 2 N–H and O–H groups in total. The van der Waals surface area contributed by atoms with Gasteiger partial charge in [0.15, 0.2) is 0 Å². The Hall–Kier alpha value is -0.610. The first kappa shape index (κ1) is 15.4. The van der Waals surface area contributed by atoms with Crippen molar-refractivity contribution in [3.8, 4) is 0 Å². The van der Waals surface area contributed by atoms with Crippen LogP contribution in [0.5, 0.6) is 0 Å². The summed E-state index contributed by atoms with van der Waals surface area (Å²) in [4.78, 5) is 11.9. The van der Waals surface area contributed by atoms with Gasteiger partial charge >= 0.3 is 0 Å². The summed E-state index contributed by atoms with van der Waals surface area (Å²) in [5, 5.41) is 11.8. The van der Waals surface area contributed by atoms with Crippen molar-refractivity contribution in [2.24, 2.45) is 5.41 Å². The Morgan fingerprint density at radius 1 is 1.38 bits per heavy atom. The lowest BCUT2D eigenvalue weighted by atomic mass is 9.89. The quantitative estimate of drug-likeness (QED) is 0.695. The van der Waals surface area contributed by atoms with Crippen LogP contribution in [-0.2, 0) is 9.53 Å². The monoisotopic (exact) mass is 231 g/mol. The van der Waals surface area contributed by atoms with Crippen molar-refractivity contribution in [3.63, 3.8) is 0 Å². The van der Waals surface area contributed by atoms with E-state index in [0.29, 0.717) is 19.4 Å². The SMILES string of the molecule is CCC(C)(OC)C(=O)NCC(C)(C)CCO. The lowest BCUT2D eigenvalue weighted by Crippen LogP contribution is -2.48. The van der Waals surface area contributed by atoms with E-state index in [9.17, 15) is 4.79 Å². The van der Waals surface area contributed by atoms with Crippen molar-refractivity contribution in [1.82, 2.24) is 5.32 Å². The van der Waals surface area contributed by atoms with Crippen LogP contribution in [0.3, 0.4) is 0 Å². The second-order valence-electron chi connectivity index (χ2n) is 5.11. The lowest BCUT2D eigenvalue weighted by Gasteiger charge is -2.29. The third kappa shape index (κ3) is 4.49. The molecule has 0 spiro atoms. The number of nitrogens with one attached hydrogen (secondary N) is 1. The van der Waals surface area contributed by atoms with E-state index in [-0.39, 0.29) is 17.9 Å². The molecule has 0 saturated heterocycles. The first-order valence-electron chi connectivity index (χ1n) is 5.75. The lowest BCUT2D eigenvalue weighted by molar-refractivity contribution is -0.142. The predicted octanol–water partition coefficient (Wildman–Crippen LogP) is 1.33. The van der Waals surface area contributed by atoms with Crippen LogP contribution in [0.4, 0.5) is 0 Å². The van der Waals surface area contributed by atoms with Crippen molar-refractivity contribution in [2.75, 3.05) is 20.3 Å². The van der Waals surface area contributed by atoms with Crippen molar-refractivity contribution >= 4 is 5.91 Å². The van der Waals surface area contributed by atoms with E-state index in [1.54, 1.807) is 14.0 Å². The highest BCUT2D eigenvalue weighted by atomic mass is 16.5. The van der Waals surface area contributed by atoms with Gasteiger partial charge in [-0.3, -0.25) is 4.79 Å². The van der Waals surface area contributed by atoms with Gasteiger partial charge in [0, 0.05) is 20.3 Å². The van der Waals surface area contributed by atoms with E-state index < -0.39 is 5.60 Å². The maximum Gasteiger partial charge on any atom is 0.251 e. The van der Waals surface area contributed by atoms with E-state index in [1.807, 2.05) is 20.8 Å². The van der Waals surface area contributed by atoms with Crippen molar-refractivity contribution in [2.45, 2.75) is 46.1 Å². The van der Waals surface area contributed by atoms with E-state index in [0.717, 1.165) is 0 Å². The highest BCUT2D eigenvalue weighted by Crippen LogP contribution is 2.19. The number of amides is 1. The zero-order chi connectivity index (χ0) is 12.8. The molecule has 0 aromatic heterocycles. The van der Waals surface area contributed by atoms with Crippen LogP contribution in [0.2, 0.25) is 0 Å². The molecule has 0 rings (SSSR count). The van der Waals surface area contributed by atoms with Crippen LogP contribution < -0.4 is 5.32 Å². The van der Waals surface area contributed by atoms with Crippen LogP contribution in [0.15, 0.2) is 0 Å². The molecule has 0 radical (unpaired) electrons. The molecule has 0 heterocycles. The second kappa shape index (κ2) is 6.21. The summed E-state index contributed by atoms with van der Waals surface area (Å²) in [6.45, 7) is 8.41. The molecular weight excluding hydrogens is 206 g/mol. The molecule has 4 nitrogen and oxygen atoms in total. The van der Waals surface area contributed by atoms with Crippen LogP contribution in [-0.4, -0.2) is 36.9 Å². The highest BCUT2D eigenvalue weighted by molar-refractivity contribution is 5.84. The van der Waals surface area contributed by atoms with Gasteiger partial charge in [-0.2, -0.15) is 0 Å². The number of hydrogen-bond acceptors (Lipinski definition) is 3. The standard InChI is InChI=1S/C12H25NO3/c1-6-12(4,16-5)10(15)13-9-11(2,3)7-8-14/h14H,6-9H2,1-5H3,(H,13,15). The Balaban J connectivity index is 4.26. The van der Waals surface area contributed by atoms with Gasteiger partial charge in [-0.25, -0.2) is 0 Å². The Morgan fingerprint density at radius 2 is 1.94 bits per heavy atom.